The van der Waals surface area contributed by atoms with Crippen LogP contribution in [0.25, 0.3) is 0 Å². The SMILES string of the molecule is Cc1nn(C)c(CN2C(=O)CNc3ccccc32)c1Br. The Balaban J connectivity index is 2.00. The quantitative estimate of drug-likeness (QED) is 0.917. The van der Waals surface area contributed by atoms with Gasteiger partial charge in [0.25, 0.3) is 0 Å². The van der Waals surface area contributed by atoms with Crippen molar-refractivity contribution in [2.24, 2.45) is 7.05 Å². The Kier molecular flexibility index (Phi) is 3.25. The van der Waals surface area contributed by atoms with E-state index in [1.54, 1.807) is 4.90 Å². The van der Waals surface area contributed by atoms with Gasteiger partial charge in [-0.3, -0.25) is 9.48 Å². The van der Waals surface area contributed by atoms with Crippen molar-refractivity contribution in [3.8, 4) is 0 Å². The van der Waals surface area contributed by atoms with Crippen molar-refractivity contribution in [2.75, 3.05) is 16.8 Å². The molecule has 0 saturated carbocycles. The number of hydrogen-bond acceptors (Lipinski definition) is 3. The van der Waals surface area contributed by atoms with E-state index in [1.807, 2.05) is 42.9 Å². The van der Waals surface area contributed by atoms with E-state index < -0.39 is 0 Å². The van der Waals surface area contributed by atoms with Crippen LogP contribution < -0.4 is 10.2 Å². The minimum absolute atomic E-state index is 0.0643. The highest BCUT2D eigenvalue weighted by Crippen LogP contribution is 2.31. The second-order valence-electron chi connectivity index (χ2n) is 4.82. The summed E-state index contributed by atoms with van der Waals surface area (Å²) in [4.78, 5) is 14.0. The van der Waals surface area contributed by atoms with Crippen LogP contribution in [0.3, 0.4) is 0 Å². The molecular weight excluding hydrogens is 320 g/mol. The first-order chi connectivity index (χ1) is 9.58. The zero-order valence-electron chi connectivity index (χ0n) is 11.4. The Labute approximate surface area is 125 Å². The van der Waals surface area contributed by atoms with Gasteiger partial charge in [-0.25, -0.2) is 0 Å². The number of para-hydroxylation sites is 2. The van der Waals surface area contributed by atoms with Crippen LogP contribution in [0.2, 0.25) is 0 Å². The van der Waals surface area contributed by atoms with Gasteiger partial charge in [0, 0.05) is 7.05 Å². The molecule has 0 spiro atoms. The van der Waals surface area contributed by atoms with Crippen molar-refractivity contribution in [2.45, 2.75) is 13.5 Å². The molecule has 1 N–H and O–H groups in total. The molecule has 6 heteroatoms. The number of rotatable bonds is 2. The summed E-state index contributed by atoms with van der Waals surface area (Å²) in [5, 5.41) is 7.51. The predicted octanol–water partition coefficient (Wildman–Crippen LogP) is 2.45. The van der Waals surface area contributed by atoms with E-state index in [4.69, 9.17) is 0 Å². The van der Waals surface area contributed by atoms with Crippen molar-refractivity contribution in [3.05, 3.63) is 40.1 Å². The lowest BCUT2D eigenvalue weighted by atomic mass is 10.2. The van der Waals surface area contributed by atoms with Gasteiger partial charge in [0.05, 0.1) is 40.3 Å². The minimum atomic E-state index is 0.0643. The highest BCUT2D eigenvalue weighted by atomic mass is 79.9. The number of fused-ring (bicyclic) bond motifs is 1. The Morgan fingerprint density at radius 1 is 1.40 bits per heavy atom. The molecule has 0 unspecified atom stereocenters. The third kappa shape index (κ3) is 2.10. The van der Waals surface area contributed by atoms with Crippen molar-refractivity contribution in [3.63, 3.8) is 0 Å². The average Bonchev–Trinajstić information content (AvgIpc) is 2.68. The molecule has 2 aromatic rings. The maximum atomic E-state index is 12.2. The van der Waals surface area contributed by atoms with Crippen molar-refractivity contribution < 1.29 is 4.79 Å². The molecule has 1 aromatic heterocycles. The smallest absolute Gasteiger partial charge is 0.246 e. The molecule has 0 aliphatic carbocycles. The second kappa shape index (κ2) is 4.94. The zero-order valence-corrected chi connectivity index (χ0v) is 12.9. The highest BCUT2D eigenvalue weighted by Gasteiger charge is 2.25. The highest BCUT2D eigenvalue weighted by molar-refractivity contribution is 9.10. The van der Waals surface area contributed by atoms with Gasteiger partial charge >= 0.3 is 0 Å². The number of aromatic nitrogens is 2. The fourth-order valence-corrected chi connectivity index (χ4v) is 2.90. The molecule has 0 atom stereocenters. The van der Waals surface area contributed by atoms with E-state index in [0.717, 1.165) is 27.2 Å². The lowest BCUT2D eigenvalue weighted by Gasteiger charge is -2.30. The number of anilines is 2. The third-order valence-electron chi connectivity index (χ3n) is 3.50. The van der Waals surface area contributed by atoms with Crippen LogP contribution in [0.5, 0.6) is 0 Å². The van der Waals surface area contributed by atoms with Gasteiger partial charge in [-0.05, 0) is 35.0 Å². The summed E-state index contributed by atoms with van der Waals surface area (Å²) >= 11 is 3.55. The number of carbonyl (C=O) groups is 1. The van der Waals surface area contributed by atoms with Gasteiger partial charge < -0.3 is 10.2 Å². The Bertz CT molecular complexity index is 680. The molecule has 0 saturated heterocycles. The minimum Gasteiger partial charge on any atom is -0.374 e. The van der Waals surface area contributed by atoms with Crippen LogP contribution in [-0.2, 0) is 18.4 Å². The van der Waals surface area contributed by atoms with Crippen LogP contribution in [0.1, 0.15) is 11.4 Å². The molecule has 0 fully saturated rings. The molecule has 20 heavy (non-hydrogen) atoms. The standard InChI is InChI=1S/C14H15BrN4O/c1-9-14(15)12(18(2)17-9)8-19-11-6-4-3-5-10(11)16-7-13(19)20/h3-6,16H,7-8H2,1-2H3. The first kappa shape index (κ1) is 13.2. The summed E-state index contributed by atoms with van der Waals surface area (Å²) < 4.78 is 2.78. The van der Waals surface area contributed by atoms with E-state index in [2.05, 4.69) is 26.3 Å². The second-order valence-corrected chi connectivity index (χ2v) is 5.61. The third-order valence-corrected chi connectivity index (χ3v) is 4.53. The Hall–Kier alpha value is -1.82. The molecule has 104 valence electrons. The first-order valence-electron chi connectivity index (χ1n) is 6.39. The first-order valence-corrected chi connectivity index (χ1v) is 7.18. The molecule has 1 aromatic carbocycles. The van der Waals surface area contributed by atoms with Gasteiger partial charge in [-0.1, -0.05) is 12.1 Å². The van der Waals surface area contributed by atoms with Gasteiger partial charge in [0.1, 0.15) is 0 Å². The predicted molar refractivity (Wildman–Crippen MR) is 81.8 cm³/mol. The van der Waals surface area contributed by atoms with Crippen LogP contribution >= 0.6 is 15.9 Å². The average molecular weight is 335 g/mol. The number of aryl methyl sites for hydroxylation is 2. The largest absolute Gasteiger partial charge is 0.374 e. The Morgan fingerprint density at radius 2 is 2.15 bits per heavy atom. The monoisotopic (exact) mass is 334 g/mol. The summed E-state index contributed by atoms with van der Waals surface area (Å²) in [6.07, 6.45) is 0. The normalized spacial score (nSPS) is 14.2. The molecular formula is C14H15BrN4O. The lowest BCUT2D eigenvalue weighted by Crippen LogP contribution is -2.39. The number of nitrogens with one attached hydrogen (secondary N) is 1. The zero-order chi connectivity index (χ0) is 14.3. The molecule has 2 heterocycles. The van der Waals surface area contributed by atoms with Crippen molar-refractivity contribution in [1.82, 2.24) is 9.78 Å². The molecule has 1 aliphatic heterocycles. The van der Waals surface area contributed by atoms with Gasteiger partial charge in [0.2, 0.25) is 5.91 Å². The van der Waals surface area contributed by atoms with Crippen molar-refractivity contribution in [1.29, 1.82) is 0 Å². The summed E-state index contributed by atoms with van der Waals surface area (Å²) in [7, 11) is 1.89. The van der Waals surface area contributed by atoms with Crippen LogP contribution in [0.15, 0.2) is 28.7 Å². The molecule has 0 bridgehead atoms. The maximum Gasteiger partial charge on any atom is 0.246 e. The van der Waals surface area contributed by atoms with E-state index >= 15 is 0 Å². The summed E-state index contributed by atoms with van der Waals surface area (Å²) in [6, 6.07) is 7.84. The van der Waals surface area contributed by atoms with Crippen LogP contribution in [0.4, 0.5) is 11.4 Å². The van der Waals surface area contributed by atoms with E-state index in [1.165, 1.54) is 0 Å². The summed E-state index contributed by atoms with van der Waals surface area (Å²) in [5.41, 5.74) is 3.82. The van der Waals surface area contributed by atoms with E-state index in [9.17, 15) is 4.79 Å². The molecule has 1 aliphatic rings. The lowest BCUT2D eigenvalue weighted by molar-refractivity contribution is -0.117. The van der Waals surface area contributed by atoms with Gasteiger partial charge in [0.15, 0.2) is 0 Å². The topological polar surface area (TPSA) is 50.2 Å². The number of carbonyl (C=O) groups excluding carboxylic acids is 1. The molecule has 0 radical (unpaired) electrons. The molecule has 5 nitrogen and oxygen atoms in total. The maximum absolute atomic E-state index is 12.2. The van der Waals surface area contributed by atoms with Crippen molar-refractivity contribution >= 4 is 33.2 Å². The Morgan fingerprint density at radius 3 is 2.85 bits per heavy atom. The number of halogens is 1. The fraction of sp³-hybridized carbons (Fsp3) is 0.286. The van der Waals surface area contributed by atoms with Gasteiger partial charge in [-0.2, -0.15) is 5.10 Å². The van der Waals surface area contributed by atoms with Crippen LogP contribution in [0, 0.1) is 6.92 Å². The number of amides is 1. The van der Waals surface area contributed by atoms with E-state index in [-0.39, 0.29) is 5.91 Å². The van der Waals surface area contributed by atoms with E-state index in [0.29, 0.717) is 13.1 Å². The number of benzene rings is 1. The summed E-state index contributed by atoms with van der Waals surface area (Å²) in [6.45, 7) is 2.78. The molecule has 1 amide bonds. The summed E-state index contributed by atoms with van der Waals surface area (Å²) in [5.74, 6) is 0.0643. The molecule has 3 rings (SSSR count). The fourth-order valence-electron chi connectivity index (χ4n) is 2.43. The number of nitrogens with zero attached hydrogens (tertiary/aromatic N) is 3. The number of hydrogen-bond donors (Lipinski definition) is 1. The van der Waals surface area contributed by atoms with Gasteiger partial charge in [-0.15, -0.1) is 0 Å². The van der Waals surface area contributed by atoms with Crippen LogP contribution in [-0.4, -0.2) is 22.2 Å².